The van der Waals surface area contributed by atoms with Gasteiger partial charge in [-0.3, -0.25) is 9.69 Å². The summed E-state index contributed by atoms with van der Waals surface area (Å²) in [4.78, 5) is 18.0. The minimum Gasteiger partial charge on any atom is -0.497 e. The van der Waals surface area contributed by atoms with E-state index in [0.717, 1.165) is 43.2 Å². The van der Waals surface area contributed by atoms with Crippen LogP contribution in [0, 0.1) is 0 Å². The van der Waals surface area contributed by atoms with Crippen molar-refractivity contribution in [3.05, 3.63) is 84.4 Å². The lowest BCUT2D eigenvalue weighted by Crippen LogP contribution is -2.50. The van der Waals surface area contributed by atoms with Crippen LogP contribution in [0.3, 0.4) is 0 Å². The standard InChI is InChI=1S/C26H29N3O3/c1-31-23-13-11-22(12-14-23)28-15-17-29(18-16-28)25(20-7-4-3-5-8-20)26(30)27-21-9-6-10-24(19-21)32-2/h3-14,19,25H,15-18H2,1-2H3,(H,27,30). The van der Waals surface area contributed by atoms with Crippen molar-refractivity contribution < 1.29 is 14.3 Å². The summed E-state index contributed by atoms with van der Waals surface area (Å²) in [5.41, 5.74) is 2.89. The second-order valence-corrected chi connectivity index (χ2v) is 7.76. The Morgan fingerprint density at radius 2 is 1.50 bits per heavy atom. The molecule has 4 rings (SSSR count). The Hall–Kier alpha value is -3.51. The number of hydrogen-bond donors (Lipinski definition) is 1. The number of carbonyl (C=O) groups excluding carboxylic acids is 1. The molecule has 1 amide bonds. The predicted octanol–water partition coefficient (Wildman–Crippen LogP) is 4.21. The molecule has 0 radical (unpaired) electrons. The zero-order valence-electron chi connectivity index (χ0n) is 18.5. The molecular weight excluding hydrogens is 402 g/mol. The largest absolute Gasteiger partial charge is 0.497 e. The van der Waals surface area contributed by atoms with Gasteiger partial charge in [-0.25, -0.2) is 0 Å². The van der Waals surface area contributed by atoms with E-state index in [2.05, 4.69) is 27.2 Å². The van der Waals surface area contributed by atoms with Crippen molar-refractivity contribution in [3.63, 3.8) is 0 Å². The number of anilines is 2. The van der Waals surface area contributed by atoms with Crippen LogP contribution in [0.1, 0.15) is 11.6 Å². The average Bonchev–Trinajstić information content (AvgIpc) is 2.85. The fraction of sp³-hybridized carbons (Fsp3) is 0.269. The maximum atomic E-state index is 13.4. The number of amides is 1. The molecule has 0 aromatic heterocycles. The Balaban J connectivity index is 1.49. The highest BCUT2D eigenvalue weighted by atomic mass is 16.5. The third-order valence-electron chi connectivity index (χ3n) is 5.82. The highest BCUT2D eigenvalue weighted by Crippen LogP contribution is 2.27. The summed E-state index contributed by atoms with van der Waals surface area (Å²) >= 11 is 0. The van der Waals surface area contributed by atoms with Crippen molar-refractivity contribution in [2.24, 2.45) is 0 Å². The first-order valence-corrected chi connectivity index (χ1v) is 10.8. The monoisotopic (exact) mass is 431 g/mol. The van der Waals surface area contributed by atoms with E-state index in [0.29, 0.717) is 5.75 Å². The lowest BCUT2D eigenvalue weighted by molar-refractivity contribution is -0.121. The van der Waals surface area contributed by atoms with Gasteiger partial charge in [0, 0.05) is 43.6 Å². The van der Waals surface area contributed by atoms with Gasteiger partial charge in [-0.1, -0.05) is 36.4 Å². The minimum atomic E-state index is -0.361. The molecule has 0 bridgehead atoms. The van der Waals surface area contributed by atoms with Crippen LogP contribution >= 0.6 is 0 Å². The van der Waals surface area contributed by atoms with Crippen LogP contribution in [0.2, 0.25) is 0 Å². The number of methoxy groups -OCH3 is 2. The first-order valence-electron chi connectivity index (χ1n) is 10.8. The van der Waals surface area contributed by atoms with Crippen molar-refractivity contribution in [1.82, 2.24) is 4.90 Å². The van der Waals surface area contributed by atoms with Crippen LogP contribution in [0.15, 0.2) is 78.9 Å². The highest BCUT2D eigenvalue weighted by Gasteiger charge is 2.30. The lowest BCUT2D eigenvalue weighted by atomic mass is 10.0. The summed E-state index contributed by atoms with van der Waals surface area (Å²) in [7, 11) is 3.30. The summed E-state index contributed by atoms with van der Waals surface area (Å²) in [6, 6.07) is 25.2. The van der Waals surface area contributed by atoms with Crippen molar-refractivity contribution in [1.29, 1.82) is 0 Å². The smallest absolute Gasteiger partial charge is 0.246 e. The van der Waals surface area contributed by atoms with Crippen molar-refractivity contribution >= 4 is 17.3 Å². The Morgan fingerprint density at radius 3 is 2.16 bits per heavy atom. The summed E-state index contributed by atoms with van der Waals surface area (Å²) in [6.07, 6.45) is 0. The van der Waals surface area contributed by atoms with Crippen LogP contribution in [0.5, 0.6) is 11.5 Å². The summed E-state index contributed by atoms with van der Waals surface area (Å²) < 4.78 is 10.6. The number of nitrogens with one attached hydrogen (secondary N) is 1. The van der Waals surface area contributed by atoms with Gasteiger partial charge in [-0.05, 0) is 42.0 Å². The zero-order chi connectivity index (χ0) is 22.3. The van der Waals surface area contributed by atoms with Crippen LogP contribution in [0.4, 0.5) is 11.4 Å². The fourth-order valence-corrected chi connectivity index (χ4v) is 4.11. The topological polar surface area (TPSA) is 54.0 Å². The van der Waals surface area contributed by atoms with Gasteiger partial charge in [-0.15, -0.1) is 0 Å². The van der Waals surface area contributed by atoms with E-state index in [-0.39, 0.29) is 11.9 Å². The zero-order valence-corrected chi connectivity index (χ0v) is 18.5. The fourth-order valence-electron chi connectivity index (χ4n) is 4.11. The maximum Gasteiger partial charge on any atom is 0.246 e. The van der Waals surface area contributed by atoms with Gasteiger partial charge in [0.2, 0.25) is 5.91 Å². The Bertz CT molecular complexity index is 1020. The Morgan fingerprint density at radius 1 is 0.812 bits per heavy atom. The molecule has 1 unspecified atom stereocenters. The van der Waals surface area contributed by atoms with Crippen LogP contribution < -0.4 is 19.7 Å². The summed E-state index contributed by atoms with van der Waals surface area (Å²) in [5, 5.41) is 3.08. The molecule has 6 nitrogen and oxygen atoms in total. The van der Waals surface area contributed by atoms with Crippen molar-refractivity contribution in [2.75, 3.05) is 50.6 Å². The molecule has 1 aliphatic rings. The van der Waals surface area contributed by atoms with E-state index in [4.69, 9.17) is 9.47 Å². The summed E-state index contributed by atoms with van der Waals surface area (Å²) in [5.74, 6) is 1.53. The van der Waals surface area contributed by atoms with E-state index in [1.165, 1.54) is 5.69 Å². The molecule has 1 N–H and O–H groups in total. The number of piperazine rings is 1. The molecule has 1 aliphatic heterocycles. The van der Waals surface area contributed by atoms with E-state index < -0.39 is 0 Å². The second kappa shape index (κ2) is 10.2. The van der Waals surface area contributed by atoms with Gasteiger partial charge in [0.05, 0.1) is 14.2 Å². The quantitative estimate of drug-likeness (QED) is 0.608. The lowest BCUT2D eigenvalue weighted by Gasteiger charge is -2.39. The molecule has 0 saturated carbocycles. The van der Waals surface area contributed by atoms with Crippen molar-refractivity contribution in [2.45, 2.75) is 6.04 Å². The van der Waals surface area contributed by atoms with Crippen molar-refractivity contribution in [3.8, 4) is 11.5 Å². The number of benzene rings is 3. The summed E-state index contributed by atoms with van der Waals surface area (Å²) in [6.45, 7) is 3.28. The SMILES string of the molecule is COc1ccc(N2CCN(C(C(=O)Nc3cccc(OC)c3)c3ccccc3)CC2)cc1. The first kappa shape index (κ1) is 21.7. The minimum absolute atomic E-state index is 0.0395. The number of rotatable bonds is 7. The van der Waals surface area contributed by atoms with Gasteiger partial charge in [0.15, 0.2) is 0 Å². The maximum absolute atomic E-state index is 13.4. The molecule has 3 aromatic carbocycles. The molecular formula is C26H29N3O3. The molecule has 166 valence electrons. The molecule has 32 heavy (non-hydrogen) atoms. The van der Waals surface area contributed by atoms with E-state index in [9.17, 15) is 4.79 Å². The average molecular weight is 432 g/mol. The van der Waals surface area contributed by atoms with Crippen LogP contribution in [-0.2, 0) is 4.79 Å². The van der Waals surface area contributed by atoms with E-state index in [1.807, 2.05) is 66.7 Å². The third kappa shape index (κ3) is 5.03. The van der Waals surface area contributed by atoms with Gasteiger partial charge in [0.1, 0.15) is 17.5 Å². The molecule has 1 atom stereocenters. The predicted molar refractivity (Wildman–Crippen MR) is 128 cm³/mol. The van der Waals surface area contributed by atoms with Crippen LogP contribution in [0.25, 0.3) is 0 Å². The molecule has 1 saturated heterocycles. The van der Waals surface area contributed by atoms with Gasteiger partial charge >= 0.3 is 0 Å². The number of hydrogen-bond acceptors (Lipinski definition) is 5. The molecule has 0 spiro atoms. The molecule has 1 fully saturated rings. The highest BCUT2D eigenvalue weighted by molar-refractivity contribution is 5.95. The van der Waals surface area contributed by atoms with Gasteiger partial charge in [0.25, 0.3) is 0 Å². The first-order chi connectivity index (χ1) is 15.7. The second-order valence-electron chi connectivity index (χ2n) is 7.76. The normalized spacial score (nSPS) is 15.1. The van der Waals surface area contributed by atoms with E-state index in [1.54, 1.807) is 14.2 Å². The Kier molecular flexibility index (Phi) is 6.92. The molecule has 6 heteroatoms. The number of carbonyl (C=O) groups is 1. The molecule has 0 aliphatic carbocycles. The Labute approximate surface area is 189 Å². The third-order valence-corrected chi connectivity index (χ3v) is 5.82. The van der Waals surface area contributed by atoms with Crippen LogP contribution in [-0.4, -0.2) is 51.2 Å². The van der Waals surface area contributed by atoms with Gasteiger partial charge in [-0.2, -0.15) is 0 Å². The van der Waals surface area contributed by atoms with E-state index >= 15 is 0 Å². The molecule has 3 aromatic rings. The number of nitrogens with zero attached hydrogens (tertiary/aromatic N) is 2. The molecule has 1 heterocycles. The number of ether oxygens (including phenoxy) is 2. The van der Waals surface area contributed by atoms with Gasteiger partial charge < -0.3 is 19.7 Å².